The molecule has 0 bridgehead atoms. The van der Waals surface area contributed by atoms with Crippen LogP contribution in [-0.2, 0) is 10.0 Å². The minimum Gasteiger partial charge on any atom is -0.355 e. The molecule has 2 rings (SSSR count). The van der Waals surface area contributed by atoms with Crippen LogP contribution in [0.4, 0.5) is 0 Å². The van der Waals surface area contributed by atoms with Crippen molar-refractivity contribution in [1.29, 1.82) is 0 Å². The Labute approximate surface area is 152 Å². The summed E-state index contributed by atoms with van der Waals surface area (Å²) in [5.41, 5.74) is 1.37. The first-order chi connectivity index (χ1) is 12.3. The highest BCUT2D eigenvalue weighted by Gasteiger charge is 2.13. The molecule has 2 N–H and O–H groups in total. The van der Waals surface area contributed by atoms with Crippen molar-refractivity contribution in [2.45, 2.75) is 11.8 Å². The van der Waals surface area contributed by atoms with Crippen molar-refractivity contribution in [3.05, 3.63) is 65.2 Å². The van der Waals surface area contributed by atoms with Crippen LogP contribution < -0.4 is 10.0 Å². The smallest absolute Gasteiger partial charge is 0.252 e. The maximum absolute atomic E-state index is 12.2. The van der Waals surface area contributed by atoms with Crippen molar-refractivity contribution >= 4 is 21.7 Å². The Balaban J connectivity index is 2.10. The average Bonchev–Trinajstić information content (AvgIpc) is 2.65. The third-order valence-electron chi connectivity index (χ3n) is 3.54. The Morgan fingerprint density at radius 3 is 2.31 bits per heavy atom. The van der Waals surface area contributed by atoms with Crippen molar-refractivity contribution in [1.82, 2.24) is 10.0 Å². The second-order valence-electron chi connectivity index (χ2n) is 5.33. The molecule has 0 aromatic heterocycles. The van der Waals surface area contributed by atoms with Gasteiger partial charge in [-0.3, -0.25) is 9.59 Å². The highest BCUT2D eigenvalue weighted by atomic mass is 32.2. The number of carbonyl (C=O) groups is 2. The van der Waals surface area contributed by atoms with Crippen LogP contribution in [0.15, 0.2) is 53.4 Å². The number of ketones is 1. The van der Waals surface area contributed by atoms with Crippen molar-refractivity contribution in [3.63, 3.8) is 0 Å². The normalized spacial score (nSPS) is 10.5. The molecule has 7 heteroatoms. The minimum absolute atomic E-state index is 0.0510. The van der Waals surface area contributed by atoms with Crippen LogP contribution in [0.2, 0.25) is 0 Å². The summed E-state index contributed by atoms with van der Waals surface area (Å²) in [4.78, 5) is 23.1. The third kappa shape index (κ3) is 4.79. The van der Waals surface area contributed by atoms with Gasteiger partial charge in [0.1, 0.15) is 0 Å². The molecule has 0 aliphatic rings. The van der Waals surface area contributed by atoms with Crippen LogP contribution in [-0.4, -0.2) is 33.7 Å². The summed E-state index contributed by atoms with van der Waals surface area (Å²) in [6.07, 6.45) is 0. The average molecular weight is 370 g/mol. The van der Waals surface area contributed by atoms with E-state index in [1.807, 2.05) is 0 Å². The number of hydrogen-bond acceptors (Lipinski definition) is 4. The van der Waals surface area contributed by atoms with Crippen molar-refractivity contribution in [3.8, 4) is 11.8 Å². The molecule has 0 aliphatic carbocycles. The molecular formula is C19H18N2O4S. The largest absolute Gasteiger partial charge is 0.355 e. The van der Waals surface area contributed by atoms with Crippen LogP contribution in [0.5, 0.6) is 0 Å². The van der Waals surface area contributed by atoms with Crippen molar-refractivity contribution in [2.24, 2.45) is 0 Å². The quantitative estimate of drug-likeness (QED) is 0.617. The molecule has 0 atom stereocenters. The van der Waals surface area contributed by atoms with Crippen LogP contribution in [0.25, 0.3) is 0 Å². The summed E-state index contributed by atoms with van der Waals surface area (Å²) >= 11 is 0. The summed E-state index contributed by atoms with van der Waals surface area (Å²) in [5.74, 6) is 5.10. The molecule has 0 spiro atoms. The van der Waals surface area contributed by atoms with Crippen LogP contribution >= 0.6 is 0 Å². The number of hydrogen-bond donors (Lipinski definition) is 2. The van der Waals surface area contributed by atoms with Crippen molar-refractivity contribution in [2.75, 3.05) is 13.6 Å². The summed E-state index contributed by atoms with van der Waals surface area (Å²) in [5, 5.41) is 2.53. The molecule has 0 aliphatic heterocycles. The van der Waals surface area contributed by atoms with Crippen molar-refractivity contribution < 1.29 is 18.0 Å². The Morgan fingerprint density at radius 2 is 1.69 bits per heavy atom. The highest BCUT2D eigenvalue weighted by Crippen LogP contribution is 2.11. The number of Topliss-reactive ketones (excluding diaryl/α,β-unsaturated/α-hetero) is 1. The fraction of sp³-hybridized carbons (Fsp3) is 0.158. The van der Waals surface area contributed by atoms with Gasteiger partial charge < -0.3 is 5.32 Å². The van der Waals surface area contributed by atoms with E-state index in [4.69, 9.17) is 0 Å². The first-order valence-electron chi connectivity index (χ1n) is 7.76. The third-order valence-corrected chi connectivity index (χ3v) is 4.96. The first-order valence-corrected chi connectivity index (χ1v) is 9.24. The molecule has 0 heterocycles. The van der Waals surface area contributed by atoms with E-state index in [9.17, 15) is 18.0 Å². The summed E-state index contributed by atoms with van der Waals surface area (Å²) in [6.45, 7) is 1.30. The summed E-state index contributed by atoms with van der Waals surface area (Å²) in [6, 6.07) is 12.5. The fourth-order valence-corrected chi connectivity index (χ4v) is 3.07. The maximum atomic E-state index is 12.2. The Kier molecular flexibility index (Phi) is 6.28. The molecule has 2 aromatic carbocycles. The lowest BCUT2D eigenvalue weighted by Crippen LogP contribution is -2.24. The molecule has 0 unspecified atom stereocenters. The van der Waals surface area contributed by atoms with Gasteiger partial charge in [0.05, 0.1) is 17.0 Å². The predicted molar refractivity (Wildman–Crippen MR) is 98.3 cm³/mol. The number of carbonyl (C=O) groups excluding carboxylic acids is 2. The first kappa shape index (κ1) is 19.4. The molecule has 0 fully saturated rings. The van der Waals surface area contributed by atoms with E-state index in [2.05, 4.69) is 21.9 Å². The zero-order valence-corrected chi connectivity index (χ0v) is 15.2. The molecule has 6 nitrogen and oxygen atoms in total. The van der Waals surface area contributed by atoms with E-state index in [0.29, 0.717) is 16.7 Å². The second-order valence-corrected chi connectivity index (χ2v) is 7.10. The van der Waals surface area contributed by atoms with E-state index >= 15 is 0 Å². The summed E-state index contributed by atoms with van der Waals surface area (Å²) in [7, 11) is -2.21. The van der Waals surface area contributed by atoms with Gasteiger partial charge in [0.25, 0.3) is 5.91 Å². The van der Waals surface area contributed by atoms with Gasteiger partial charge in [0.2, 0.25) is 10.0 Å². The van der Waals surface area contributed by atoms with Crippen LogP contribution in [0, 0.1) is 11.8 Å². The molecule has 0 saturated heterocycles. The van der Waals surface area contributed by atoms with Crippen LogP contribution in [0.3, 0.4) is 0 Å². The van der Waals surface area contributed by atoms with E-state index in [1.165, 1.54) is 38.2 Å². The molecule has 134 valence electrons. The lowest BCUT2D eigenvalue weighted by molar-refractivity contribution is 0.0961. The second kappa shape index (κ2) is 8.43. The van der Waals surface area contributed by atoms with Gasteiger partial charge in [0.15, 0.2) is 5.78 Å². The minimum atomic E-state index is -3.73. The van der Waals surface area contributed by atoms with E-state index < -0.39 is 10.0 Å². The highest BCUT2D eigenvalue weighted by molar-refractivity contribution is 7.89. The fourth-order valence-electron chi connectivity index (χ4n) is 2.15. The van der Waals surface area contributed by atoms with Gasteiger partial charge in [-0.15, -0.1) is 0 Å². The number of amides is 1. The molecular weight excluding hydrogens is 352 g/mol. The molecule has 1 amide bonds. The van der Waals surface area contributed by atoms with Gasteiger partial charge in [-0.1, -0.05) is 36.1 Å². The molecule has 2 aromatic rings. The van der Waals surface area contributed by atoms with Crippen LogP contribution in [0.1, 0.15) is 33.2 Å². The molecule has 0 radical (unpaired) electrons. The Bertz CT molecular complexity index is 984. The van der Waals surface area contributed by atoms with E-state index in [-0.39, 0.29) is 23.1 Å². The lowest BCUT2D eigenvalue weighted by Gasteiger charge is -2.04. The van der Waals surface area contributed by atoms with E-state index in [1.54, 1.807) is 24.3 Å². The monoisotopic (exact) mass is 370 g/mol. The molecule has 26 heavy (non-hydrogen) atoms. The Morgan fingerprint density at radius 1 is 1.04 bits per heavy atom. The number of sulfonamides is 1. The molecule has 0 saturated carbocycles. The van der Waals surface area contributed by atoms with Gasteiger partial charge in [0, 0.05) is 18.2 Å². The Hall–Kier alpha value is -2.95. The summed E-state index contributed by atoms with van der Waals surface area (Å²) < 4.78 is 26.8. The SMILES string of the molecule is CNC(=O)c1ccccc1C#CCNS(=O)(=O)c1ccc(C(C)=O)cc1. The zero-order chi connectivity index (χ0) is 19.2. The predicted octanol–water partition coefficient (Wildman–Crippen LogP) is 1.58. The number of rotatable bonds is 5. The van der Waals surface area contributed by atoms with Gasteiger partial charge in [-0.05, 0) is 31.2 Å². The topological polar surface area (TPSA) is 92.3 Å². The number of benzene rings is 2. The van der Waals surface area contributed by atoms with E-state index in [0.717, 1.165) is 0 Å². The lowest BCUT2D eigenvalue weighted by atomic mass is 10.1. The zero-order valence-electron chi connectivity index (χ0n) is 14.4. The van der Waals surface area contributed by atoms with Gasteiger partial charge in [-0.2, -0.15) is 4.72 Å². The number of nitrogens with one attached hydrogen (secondary N) is 2. The maximum Gasteiger partial charge on any atom is 0.252 e. The standard InChI is InChI=1S/C19H18N2O4S/c1-14(22)15-9-11-17(12-10-15)26(24,25)21-13-5-7-16-6-3-4-8-18(16)19(23)20-2/h3-4,6,8-12,21H,13H2,1-2H3,(H,20,23). The van der Waals surface area contributed by atoms with Gasteiger partial charge in [-0.25, -0.2) is 8.42 Å². The van der Waals surface area contributed by atoms with Gasteiger partial charge >= 0.3 is 0 Å².